The van der Waals surface area contributed by atoms with Gasteiger partial charge in [0.25, 0.3) is 0 Å². The molecule has 0 spiro atoms. The lowest BCUT2D eigenvalue weighted by Gasteiger charge is -2.24. The molecule has 18 heavy (non-hydrogen) atoms. The van der Waals surface area contributed by atoms with Gasteiger partial charge in [-0.1, -0.05) is 12.1 Å². The number of hydrogen-bond acceptors (Lipinski definition) is 3. The largest absolute Gasteiger partial charge is 0.492 e. The van der Waals surface area contributed by atoms with Gasteiger partial charge in [-0.05, 0) is 50.4 Å². The molecule has 2 rings (SSSR count). The number of nitrogens with two attached hydrogens (primary N) is 1. The fourth-order valence-electron chi connectivity index (χ4n) is 2.17. The molecule has 0 bridgehead atoms. The van der Waals surface area contributed by atoms with E-state index in [2.05, 4.69) is 18.9 Å². The monoisotopic (exact) mass is 248 g/mol. The molecule has 0 aliphatic heterocycles. The molecule has 0 saturated heterocycles. The fourth-order valence-corrected chi connectivity index (χ4v) is 2.17. The van der Waals surface area contributed by atoms with Crippen LogP contribution >= 0.6 is 0 Å². The van der Waals surface area contributed by atoms with Gasteiger partial charge in [0.05, 0.1) is 0 Å². The van der Waals surface area contributed by atoms with Crippen LogP contribution in [0.5, 0.6) is 5.75 Å². The molecule has 1 aromatic rings. The van der Waals surface area contributed by atoms with Crippen molar-refractivity contribution in [2.75, 3.05) is 20.2 Å². The molecule has 1 fully saturated rings. The van der Waals surface area contributed by atoms with Crippen molar-refractivity contribution < 1.29 is 4.74 Å². The molecular weight excluding hydrogens is 224 g/mol. The van der Waals surface area contributed by atoms with Crippen LogP contribution in [0.25, 0.3) is 0 Å². The first kappa shape index (κ1) is 13.4. The van der Waals surface area contributed by atoms with Crippen molar-refractivity contribution in [1.82, 2.24) is 4.90 Å². The topological polar surface area (TPSA) is 38.5 Å². The third kappa shape index (κ3) is 3.72. The van der Waals surface area contributed by atoms with Crippen LogP contribution in [0.2, 0.25) is 0 Å². The summed E-state index contributed by atoms with van der Waals surface area (Å²) >= 11 is 0. The highest BCUT2D eigenvalue weighted by atomic mass is 16.5. The Labute approximate surface area is 110 Å². The molecule has 0 radical (unpaired) electrons. The zero-order valence-corrected chi connectivity index (χ0v) is 11.4. The molecule has 1 saturated carbocycles. The predicted octanol–water partition coefficient (Wildman–Crippen LogP) is 2.25. The van der Waals surface area contributed by atoms with E-state index in [9.17, 15) is 0 Å². The third-order valence-corrected chi connectivity index (χ3v) is 3.87. The van der Waals surface area contributed by atoms with Crippen LogP contribution in [-0.4, -0.2) is 31.1 Å². The number of rotatable bonds is 7. The summed E-state index contributed by atoms with van der Waals surface area (Å²) in [5.74, 6) is 1.85. The van der Waals surface area contributed by atoms with Crippen LogP contribution in [0.3, 0.4) is 0 Å². The van der Waals surface area contributed by atoms with Gasteiger partial charge in [-0.2, -0.15) is 0 Å². The molecule has 1 unspecified atom stereocenters. The van der Waals surface area contributed by atoms with Gasteiger partial charge in [0.1, 0.15) is 12.4 Å². The van der Waals surface area contributed by atoms with Gasteiger partial charge < -0.3 is 15.4 Å². The smallest absolute Gasteiger partial charge is 0.119 e. The Morgan fingerprint density at radius 2 is 2.00 bits per heavy atom. The molecule has 0 heterocycles. The molecule has 2 N–H and O–H groups in total. The number of benzene rings is 1. The van der Waals surface area contributed by atoms with E-state index < -0.39 is 0 Å². The summed E-state index contributed by atoms with van der Waals surface area (Å²) in [6, 6.07) is 8.71. The van der Waals surface area contributed by atoms with Crippen molar-refractivity contribution in [3.05, 3.63) is 29.8 Å². The first-order valence-electron chi connectivity index (χ1n) is 6.82. The van der Waals surface area contributed by atoms with Crippen molar-refractivity contribution >= 4 is 0 Å². The Morgan fingerprint density at radius 3 is 2.56 bits per heavy atom. The molecule has 1 aliphatic carbocycles. The van der Waals surface area contributed by atoms with Crippen LogP contribution in [0.15, 0.2) is 24.3 Å². The van der Waals surface area contributed by atoms with Gasteiger partial charge in [0.15, 0.2) is 0 Å². The maximum absolute atomic E-state index is 5.74. The number of likely N-dealkylation sites (N-methyl/N-ethyl adjacent to an activating group) is 1. The summed E-state index contributed by atoms with van der Waals surface area (Å²) in [5, 5.41) is 0. The first-order chi connectivity index (χ1) is 8.70. The van der Waals surface area contributed by atoms with E-state index in [1.165, 1.54) is 12.8 Å². The van der Waals surface area contributed by atoms with E-state index in [1.807, 2.05) is 24.3 Å². The summed E-state index contributed by atoms with van der Waals surface area (Å²) in [7, 11) is 2.18. The highest BCUT2D eigenvalue weighted by Crippen LogP contribution is 2.34. The average molecular weight is 248 g/mol. The molecular formula is C15H24N2O. The Hall–Kier alpha value is -1.06. The lowest BCUT2D eigenvalue weighted by Crippen LogP contribution is -2.34. The molecule has 1 aromatic carbocycles. The highest BCUT2D eigenvalue weighted by molar-refractivity contribution is 5.27. The van der Waals surface area contributed by atoms with Crippen molar-refractivity contribution in [2.24, 2.45) is 11.7 Å². The molecule has 0 amide bonds. The second kappa shape index (κ2) is 6.21. The minimum Gasteiger partial charge on any atom is -0.492 e. The Balaban J connectivity index is 1.70. The van der Waals surface area contributed by atoms with Crippen molar-refractivity contribution in [3.8, 4) is 5.75 Å². The van der Waals surface area contributed by atoms with E-state index in [1.54, 1.807) is 0 Å². The summed E-state index contributed by atoms with van der Waals surface area (Å²) in [6.45, 7) is 4.63. The quantitative estimate of drug-likeness (QED) is 0.804. The maximum Gasteiger partial charge on any atom is 0.119 e. The van der Waals surface area contributed by atoms with Crippen LogP contribution < -0.4 is 10.5 Å². The van der Waals surface area contributed by atoms with Crippen molar-refractivity contribution in [3.63, 3.8) is 0 Å². The maximum atomic E-state index is 5.74. The second-order valence-corrected chi connectivity index (χ2v) is 5.26. The number of ether oxygens (including phenoxy) is 1. The van der Waals surface area contributed by atoms with E-state index in [0.29, 0.717) is 12.6 Å². The van der Waals surface area contributed by atoms with E-state index in [4.69, 9.17) is 10.5 Å². The van der Waals surface area contributed by atoms with Gasteiger partial charge >= 0.3 is 0 Å². The van der Waals surface area contributed by atoms with E-state index >= 15 is 0 Å². The Bertz CT molecular complexity index is 359. The zero-order chi connectivity index (χ0) is 13.0. The minimum absolute atomic E-state index is 0.585. The predicted molar refractivity (Wildman–Crippen MR) is 74.6 cm³/mol. The van der Waals surface area contributed by atoms with Crippen LogP contribution in [0.1, 0.15) is 25.3 Å². The van der Waals surface area contributed by atoms with Crippen LogP contribution in [0, 0.1) is 5.92 Å². The van der Waals surface area contributed by atoms with E-state index in [-0.39, 0.29) is 0 Å². The summed E-state index contributed by atoms with van der Waals surface area (Å²) in [5.41, 5.74) is 6.70. The van der Waals surface area contributed by atoms with Gasteiger partial charge in [-0.15, -0.1) is 0 Å². The summed E-state index contributed by atoms with van der Waals surface area (Å²) in [6.07, 6.45) is 2.79. The second-order valence-electron chi connectivity index (χ2n) is 5.26. The van der Waals surface area contributed by atoms with Gasteiger partial charge in [0, 0.05) is 19.1 Å². The van der Waals surface area contributed by atoms with Crippen LogP contribution in [-0.2, 0) is 6.54 Å². The third-order valence-electron chi connectivity index (χ3n) is 3.87. The molecule has 3 heteroatoms. The van der Waals surface area contributed by atoms with E-state index in [0.717, 1.165) is 30.4 Å². The van der Waals surface area contributed by atoms with Crippen molar-refractivity contribution in [1.29, 1.82) is 0 Å². The number of hydrogen-bond donors (Lipinski definition) is 1. The summed E-state index contributed by atoms with van der Waals surface area (Å²) in [4.78, 5) is 2.39. The molecule has 1 atom stereocenters. The normalized spacial score (nSPS) is 16.9. The average Bonchev–Trinajstić information content (AvgIpc) is 3.23. The lowest BCUT2D eigenvalue weighted by atomic mass is 10.2. The Morgan fingerprint density at radius 1 is 1.33 bits per heavy atom. The zero-order valence-electron chi connectivity index (χ0n) is 11.4. The molecule has 1 aliphatic rings. The number of nitrogens with zero attached hydrogens (tertiary/aromatic N) is 1. The molecule has 3 nitrogen and oxygen atoms in total. The SMILES string of the molecule is CC(C1CC1)N(C)CCOc1ccc(CN)cc1. The highest BCUT2D eigenvalue weighted by Gasteiger charge is 2.30. The minimum atomic E-state index is 0.585. The molecule has 100 valence electrons. The van der Waals surface area contributed by atoms with Gasteiger partial charge in [-0.3, -0.25) is 0 Å². The first-order valence-corrected chi connectivity index (χ1v) is 6.82. The summed E-state index contributed by atoms with van der Waals surface area (Å²) < 4.78 is 5.74. The van der Waals surface area contributed by atoms with Crippen molar-refractivity contribution in [2.45, 2.75) is 32.4 Å². The Kier molecular flexibility index (Phi) is 4.61. The lowest BCUT2D eigenvalue weighted by molar-refractivity contribution is 0.186. The fraction of sp³-hybridized carbons (Fsp3) is 0.600. The standard InChI is InChI=1S/C15H24N2O/c1-12(14-5-6-14)17(2)9-10-18-15-7-3-13(11-16)4-8-15/h3-4,7-8,12,14H,5-6,9-11,16H2,1-2H3. The van der Waals surface area contributed by atoms with Crippen LogP contribution in [0.4, 0.5) is 0 Å². The van der Waals surface area contributed by atoms with Gasteiger partial charge in [0.2, 0.25) is 0 Å². The van der Waals surface area contributed by atoms with Gasteiger partial charge in [-0.25, -0.2) is 0 Å². The molecule has 0 aromatic heterocycles.